The van der Waals surface area contributed by atoms with Crippen LogP contribution in [-0.2, 0) is 9.47 Å². The van der Waals surface area contributed by atoms with Crippen LogP contribution in [0.5, 0.6) is 0 Å². The van der Waals surface area contributed by atoms with Gasteiger partial charge in [0.05, 0.1) is 0 Å². The molecule has 166 valence electrons. The van der Waals surface area contributed by atoms with E-state index in [4.69, 9.17) is 15.2 Å². The van der Waals surface area contributed by atoms with Crippen LogP contribution in [0.25, 0.3) is 0 Å². The number of alkyl carbamates (subject to hydrolysis) is 2. The van der Waals surface area contributed by atoms with Gasteiger partial charge in [-0.25, -0.2) is 14.5 Å². The molecule has 2 amide bonds. The molecule has 0 aromatic heterocycles. The first-order valence-corrected chi connectivity index (χ1v) is 10.7. The minimum atomic E-state index is -1.40. The quantitative estimate of drug-likeness (QED) is 0.283. The molecule has 8 heteroatoms. The zero-order valence-corrected chi connectivity index (χ0v) is 18.5. The number of unbranched alkanes of at least 4 members (excludes halogenated alkanes) is 5. The van der Waals surface area contributed by atoms with Gasteiger partial charge in [0, 0.05) is 26.6 Å². The maximum Gasteiger partial charge on any atom is 0.409 e. The van der Waals surface area contributed by atoms with Crippen LogP contribution in [0.15, 0.2) is 0 Å². The van der Waals surface area contributed by atoms with Gasteiger partial charge < -0.3 is 20.1 Å². The van der Waals surface area contributed by atoms with Crippen LogP contribution in [0.2, 0.25) is 0 Å². The number of carbonyl (C=O) groups is 2. The molecule has 2 unspecified atom stereocenters. The van der Waals surface area contributed by atoms with Gasteiger partial charge in [-0.2, -0.15) is 0 Å². The van der Waals surface area contributed by atoms with Crippen molar-refractivity contribution in [2.24, 2.45) is 5.73 Å². The first-order valence-electron chi connectivity index (χ1n) is 10.7. The van der Waals surface area contributed by atoms with Crippen LogP contribution in [0.1, 0.15) is 86.0 Å². The lowest BCUT2D eigenvalue weighted by Gasteiger charge is -2.40. The minimum absolute atomic E-state index is 0.497. The Balaban J connectivity index is 4.89. The highest BCUT2D eigenvalue weighted by Gasteiger charge is 2.36. The van der Waals surface area contributed by atoms with E-state index in [0.717, 1.165) is 51.4 Å². The number of amides is 2. The summed E-state index contributed by atoms with van der Waals surface area (Å²) in [7, 11) is 0. The summed E-state index contributed by atoms with van der Waals surface area (Å²) in [6.07, 6.45) is 6.13. The lowest BCUT2D eigenvalue weighted by molar-refractivity contribution is -0.159. The number of carbonyl (C=O) groups excluding carboxylic acids is 2. The molecule has 2 atom stereocenters. The summed E-state index contributed by atoms with van der Waals surface area (Å²) in [5, 5.41) is 5.42. The molecular weight excluding hydrogens is 360 g/mol. The maximum absolute atomic E-state index is 12.1. The topological polar surface area (TPSA) is 106 Å². The van der Waals surface area contributed by atoms with Crippen LogP contribution in [0.4, 0.5) is 9.59 Å². The lowest BCUT2D eigenvalue weighted by atomic mass is 10.2. The van der Waals surface area contributed by atoms with Gasteiger partial charge in [-0.15, -0.1) is 0 Å². The number of hydrogen-bond donors (Lipinski definition) is 3. The molecule has 0 spiro atoms. The Morgan fingerprint density at radius 1 is 0.929 bits per heavy atom. The van der Waals surface area contributed by atoms with E-state index in [1.807, 2.05) is 6.92 Å². The van der Waals surface area contributed by atoms with E-state index in [9.17, 15) is 9.59 Å². The highest BCUT2D eigenvalue weighted by molar-refractivity contribution is 5.68. The predicted octanol–water partition coefficient (Wildman–Crippen LogP) is 3.90. The van der Waals surface area contributed by atoms with Crippen molar-refractivity contribution in [3.63, 3.8) is 0 Å². The van der Waals surface area contributed by atoms with Gasteiger partial charge in [0.2, 0.25) is 5.85 Å². The third-order valence-electron chi connectivity index (χ3n) is 4.44. The molecule has 0 aliphatic heterocycles. The number of nitrogens with two attached hydrogens (primary N) is 1. The molecule has 0 bridgehead atoms. The normalized spacial score (nSPS) is 14.2. The number of nitrogens with one attached hydrogen (secondary N) is 2. The van der Waals surface area contributed by atoms with Gasteiger partial charge >= 0.3 is 12.2 Å². The van der Waals surface area contributed by atoms with Crippen molar-refractivity contribution in [1.82, 2.24) is 15.5 Å². The fraction of sp³-hybridized carbons (Fsp3) is 0.900. The molecule has 4 N–H and O–H groups in total. The Hall–Kier alpha value is -1.54. The van der Waals surface area contributed by atoms with Gasteiger partial charge in [-0.3, -0.25) is 5.73 Å². The summed E-state index contributed by atoms with van der Waals surface area (Å²) in [5.74, 6) is -1.40. The summed E-state index contributed by atoms with van der Waals surface area (Å²) in [6, 6.07) is 0. The Morgan fingerprint density at radius 3 is 2.00 bits per heavy atom. The van der Waals surface area contributed by atoms with Crippen LogP contribution in [-0.4, -0.2) is 48.8 Å². The van der Waals surface area contributed by atoms with Crippen molar-refractivity contribution < 1.29 is 19.1 Å². The van der Waals surface area contributed by atoms with Crippen LogP contribution in [0, 0.1) is 0 Å². The largest absolute Gasteiger partial charge is 0.430 e. The monoisotopic (exact) mass is 402 g/mol. The molecule has 8 nitrogen and oxygen atoms in total. The average Bonchev–Trinajstić information content (AvgIpc) is 2.61. The zero-order chi connectivity index (χ0) is 21.4. The van der Waals surface area contributed by atoms with E-state index < -0.39 is 24.3 Å². The Kier molecular flexibility index (Phi) is 14.5. The highest BCUT2D eigenvalue weighted by Crippen LogP contribution is 2.18. The number of hydrogen-bond acceptors (Lipinski definition) is 6. The van der Waals surface area contributed by atoms with Crippen molar-refractivity contribution in [2.75, 3.05) is 19.6 Å². The molecule has 0 saturated heterocycles. The second-order valence-electron chi connectivity index (χ2n) is 7.26. The summed E-state index contributed by atoms with van der Waals surface area (Å²) in [4.78, 5) is 25.8. The average molecular weight is 403 g/mol. The fourth-order valence-electron chi connectivity index (χ4n) is 2.75. The molecule has 0 aromatic rings. The molecule has 0 heterocycles. The van der Waals surface area contributed by atoms with Gasteiger partial charge in [-0.1, -0.05) is 52.9 Å². The van der Waals surface area contributed by atoms with Crippen LogP contribution < -0.4 is 16.4 Å². The van der Waals surface area contributed by atoms with Crippen molar-refractivity contribution in [1.29, 1.82) is 0 Å². The lowest BCUT2D eigenvalue weighted by Crippen LogP contribution is -2.61. The van der Waals surface area contributed by atoms with Crippen LogP contribution >= 0.6 is 0 Å². The van der Waals surface area contributed by atoms with E-state index in [0.29, 0.717) is 19.6 Å². The molecule has 0 radical (unpaired) electrons. The number of ether oxygens (including phenoxy) is 2. The molecule has 0 aromatic carbocycles. The SMILES string of the molecule is CCCCCCN(C(C)OC(=O)NCCCC)C(C)(N)OC(=O)NCCCC. The first-order chi connectivity index (χ1) is 13.3. The van der Waals surface area contributed by atoms with Crippen molar-refractivity contribution >= 4 is 12.2 Å². The predicted molar refractivity (Wildman–Crippen MR) is 112 cm³/mol. The number of nitrogens with zero attached hydrogens (tertiary/aromatic N) is 1. The Bertz CT molecular complexity index is 432. The highest BCUT2D eigenvalue weighted by atomic mass is 16.6. The molecule has 28 heavy (non-hydrogen) atoms. The minimum Gasteiger partial charge on any atom is -0.430 e. The maximum atomic E-state index is 12.1. The summed E-state index contributed by atoms with van der Waals surface area (Å²) in [6.45, 7) is 11.2. The van der Waals surface area contributed by atoms with Crippen LogP contribution in [0.3, 0.4) is 0 Å². The third kappa shape index (κ3) is 12.0. The fourth-order valence-corrected chi connectivity index (χ4v) is 2.75. The molecule has 0 rings (SSSR count). The van der Waals surface area contributed by atoms with E-state index in [-0.39, 0.29) is 0 Å². The Morgan fingerprint density at radius 2 is 1.46 bits per heavy atom. The molecule has 0 aliphatic carbocycles. The summed E-state index contributed by atoms with van der Waals surface area (Å²) < 4.78 is 10.9. The van der Waals surface area contributed by atoms with Gasteiger partial charge in [-0.05, 0) is 26.2 Å². The van der Waals surface area contributed by atoms with E-state index in [1.165, 1.54) is 0 Å². The third-order valence-corrected chi connectivity index (χ3v) is 4.44. The second-order valence-corrected chi connectivity index (χ2v) is 7.26. The molecule has 0 saturated carbocycles. The van der Waals surface area contributed by atoms with Crippen molar-refractivity contribution in [3.8, 4) is 0 Å². The standard InChI is InChI=1S/C20H42N4O4/c1-6-9-12-13-16-24(17(4)27-18(25)22-14-10-7-2)20(5,21)28-19(26)23-15-11-8-3/h17H,6-16,21H2,1-5H3,(H,22,25)(H,23,26). The van der Waals surface area contributed by atoms with Gasteiger partial charge in [0.25, 0.3) is 0 Å². The first kappa shape index (κ1) is 26.5. The summed E-state index contributed by atoms with van der Waals surface area (Å²) in [5.41, 5.74) is 6.31. The zero-order valence-electron chi connectivity index (χ0n) is 18.5. The summed E-state index contributed by atoms with van der Waals surface area (Å²) >= 11 is 0. The number of rotatable bonds is 15. The molecule has 0 aliphatic rings. The smallest absolute Gasteiger partial charge is 0.409 e. The van der Waals surface area contributed by atoms with E-state index in [2.05, 4.69) is 24.5 Å². The molecule has 0 fully saturated rings. The molecular formula is C20H42N4O4. The Labute approximate surface area is 170 Å². The van der Waals surface area contributed by atoms with Gasteiger partial charge in [0.15, 0.2) is 6.23 Å². The van der Waals surface area contributed by atoms with E-state index >= 15 is 0 Å². The second kappa shape index (κ2) is 15.4. The van der Waals surface area contributed by atoms with Crippen molar-refractivity contribution in [3.05, 3.63) is 0 Å². The van der Waals surface area contributed by atoms with E-state index in [1.54, 1.807) is 18.7 Å². The van der Waals surface area contributed by atoms with Gasteiger partial charge in [0.1, 0.15) is 0 Å². The van der Waals surface area contributed by atoms with Crippen molar-refractivity contribution in [2.45, 2.75) is 98.1 Å².